The van der Waals surface area contributed by atoms with Crippen LogP contribution >= 0.6 is 39.1 Å². The van der Waals surface area contributed by atoms with Gasteiger partial charge in [-0.25, -0.2) is 4.39 Å². The van der Waals surface area contributed by atoms with Crippen LogP contribution in [-0.4, -0.2) is 7.11 Å². The van der Waals surface area contributed by atoms with Crippen molar-refractivity contribution in [2.45, 2.75) is 12.5 Å². The molecule has 21 heavy (non-hydrogen) atoms. The second-order valence-corrected chi connectivity index (χ2v) is 5.83. The Kier molecular flexibility index (Phi) is 5.73. The van der Waals surface area contributed by atoms with Crippen molar-refractivity contribution in [2.75, 3.05) is 7.11 Å². The van der Waals surface area contributed by atoms with E-state index in [1.807, 2.05) is 6.07 Å². The molecular weight excluding hydrogens is 382 g/mol. The van der Waals surface area contributed by atoms with Gasteiger partial charge in [-0.15, -0.1) is 11.6 Å². The van der Waals surface area contributed by atoms with Gasteiger partial charge in [-0.2, -0.15) is 0 Å². The van der Waals surface area contributed by atoms with Gasteiger partial charge in [-0.1, -0.05) is 17.7 Å². The molecule has 0 amide bonds. The lowest BCUT2D eigenvalue weighted by Crippen LogP contribution is -2.01. The molecule has 0 unspecified atom stereocenters. The molecule has 0 atom stereocenters. The van der Waals surface area contributed by atoms with Gasteiger partial charge in [0.1, 0.15) is 12.4 Å². The lowest BCUT2D eigenvalue weighted by Gasteiger charge is -2.14. The van der Waals surface area contributed by atoms with Crippen LogP contribution in [0.5, 0.6) is 11.5 Å². The maximum absolute atomic E-state index is 13.7. The highest BCUT2D eigenvalue weighted by atomic mass is 79.9. The molecule has 0 N–H and O–H groups in total. The highest BCUT2D eigenvalue weighted by Crippen LogP contribution is 2.37. The van der Waals surface area contributed by atoms with Crippen molar-refractivity contribution in [3.05, 3.63) is 56.8 Å². The van der Waals surface area contributed by atoms with Crippen molar-refractivity contribution in [1.82, 2.24) is 0 Å². The molecule has 0 aliphatic carbocycles. The minimum atomic E-state index is -0.407. The quantitative estimate of drug-likeness (QED) is 0.618. The van der Waals surface area contributed by atoms with E-state index in [-0.39, 0.29) is 6.61 Å². The Morgan fingerprint density at radius 3 is 2.62 bits per heavy atom. The Hall–Kier alpha value is -0.970. The molecule has 2 aromatic rings. The number of hydrogen-bond donors (Lipinski definition) is 0. The molecule has 2 nitrogen and oxygen atoms in total. The molecule has 0 aliphatic rings. The van der Waals surface area contributed by atoms with Gasteiger partial charge in [-0.3, -0.25) is 0 Å². The summed E-state index contributed by atoms with van der Waals surface area (Å²) in [5.41, 5.74) is 1.31. The van der Waals surface area contributed by atoms with Crippen molar-refractivity contribution in [3.8, 4) is 11.5 Å². The lowest BCUT2D eigenvalue weighted by molar-refractivity contribution is 0.277. The number of ether oxygens (including phenoxy) is 2. The van der Waals surface area contributed by atoms with Gasteiger partial charge in [-0.05, 0) is 45.8 Å². The van der Waals surface area contributed by atoms with Crippen LogP contribution in [0.3, 0.4) is 0 Å². The first-order valence-corrected chi connectivity index (χ1v) is 7.74. The van der Waals surface area contributed by atoms with E-state index in [0.717, 1.165) is 5.56 Å². The fraction of sp³-hybridized carbons (Fsp3) is 0.200. The molecule has 0 spiro atoms. The summed E-state index contributed by atoms with van der Waals surface area (Å²) in [6, 6.07) is 8.08. The van der Waals surface area contributed by atoms with E-state index >= 15 is 0 Å². The van der Waals surface area contributed by atoms with Gasteiger partial charge in [0.05, 0.1) is 11.6 Å². The second kappa shape index (κ2) is 7.34. The lowest BCUT2D eigenvalue weighted by atomic mass is 10.2. The summed E-state index contributed by atoms with van der Waals surface area (Å²) in [5, 5.41) is 0.349. The summed E-state index contributed by atoms with van der Waals surface area (Å²) in [6.07, 6.45) is 0. The van der Waals surface area contributed by atoms with Gasteiger partial charge >= 0.3 is 0 Å². The number of methoxy groups -OCH3 is 1. The molecule has 0 saturated heterocycles. The standard InChI is InChI=1S/C15H12BrCl2FO2/c1-20-14-5-9(7-17)4-12(16)15(14)21-8-10-2-3-11(18)6-13(10)19/h2-6H,7-8H2,1H3. The van der Waals surface area contributed by atoms with E-state index in [1.54, 1.807) is 18.2 Å². The molecule has 0 radical (unpaired) electrons. The summed E-state index contributed by atoms with van der Waals surface area (Å²) in [4.78, 5) is 0. The smallest absolute Gasteiger partial charge is 0.175 e. The van der Waals surface area contributed by atoms with E-state index < -0.39 is 5.82 Å². The fourth-order valence-corrected chi connectivity index (χ4v) is 2.70. The van der Waals surface area contributed by atoms with Crippen molar-refractivity contribution < 1.29 is 13.9 Å². The number of halogens is 4. The first-order chi connectivity index (χ1) is 10.0. The maximum atomic E-state index is 13.7. The zero-order chi connectivity index (χ0) is 15.4. The number of benzene rings is 2. The summed E-state index contributed by atoms with van der Waals surface area (Å²) in [7, 11) is 1.54. The average Bonchev–Trinajstić information content (AvgIpc) is 2.46. The van der Waals surface area contributed by atoms with E-state index in [4.69, 9.17) is 32.7 Å². The second-order valence-electron chi connectivity index (χ2n) is 4.27. The average molecular weight is 394 g/mol. The molecule has 0 saturated carbocycles. The molecule has 112 valence electrons. The largest absolute Gasteiger partial charge is 0.493 e. The third-order valence-electron chi connectivity index (χ3n) is 2.83. The first-order valence-electron chi connectivity index (χ1n) is 6.04. The topological polar surface area (TPSA) is 18.5 Å². The van der Waals surface area contributed by atoms with Crippen LogP contribution in [0, 0.1) is 5.82 Å². The third-order valence-corrected chi connectivity index (χ3v) is 3.96. The van der Waals surface area contributed by atoms with E-state index in [9.17, 15) is 4.39 Å². The number of rotatable bonds is 5. The van der Waals surface area contributed by atoms with Crippen molar-refractivity contribution >= 4 is 39.1 Å². The van der Waals surface area contributed by atoms with Gasteiger partial charge in [0.25, 0.3) is 0 Å². The highest BCUT2D eigenvalue weighted by molar-refractivity contribution is 9.10. The zero-order valence-electron chi connectivity index (χ0n) is 11.1. The van der Waals surface area contributed by atoms with Gasteiger partial charge < -0.3 is 9.47 Å². The minimum Gasteiger partial charge on any atom is -0.493 e. The van der Waals surface area contributed by atoms with Crippen LogP contribution in [-0.2, 0) is 12.5 Å². The maximum Gasteiger partial charge on any atom is 0.175 e. The monoisotopic (exact) mass is 392 g/mol. The van der Waals surface area contributed by atoms with E-state index in [1.165, 1.54) is 13.2 Å². The van der Waals surface area contributed by atoms with Crippen LogP contribution in [0.1, 0.15) is 11.1 Å². The third kappa shape index (κ3) is 4.02. The summed E-state index contributed by atoms with van der Waals surface area (Å²) in [6.45, 7) is 0.0676. The number of hydrogen-bond acceptors (Lipinski definition) is 2. The van der Waals surface area contributed by atoms with Gasteiger partial charge in [0, 0.05) is 16.5 Å². The Morgan fingerprint density at radius 1 is 1.24 bits per heavy atom. The van der Waals surface area contributed by atoms with Gasteiger partial charge in [0.15, 0.2) is 11.5 Å². The van der Waals surface area contributed by atoms with Crippen molar-refractivity contribution in [2.24, 2.45) is 0 Å². The van der Waals surface area contributed by atoms with Crippen LogP contribution in [0.15, 0.2) is 34.8 Å². The van der Waals surface area contributed by atoms with Crippen LogP contribution in [0.4, 0.5) is 4.39 Å². The Morgan fingerprint density at radius 2 is 2.00 bits per heavy atom. The highest BCUT2D eigenvalue weighted by Gasteiger charge is 2.13. The van der Waals surface area contributed by atoms with E-state index in [0.29, 0.717) is 32.4 Å². The Bertz CT molecular complexity index is 650. The van der Waals surface area contributed by atoms with Crippen LogP contribution < -0.4 is 9.47 Å². The summed E-state index contributed by atoms with van der Waals surface area (Å²) >= 11 is 14.9. The summed E-state index contributed by atoms with van der Waals surface area (Å²) in [5.74, 6) is 0.992. The molecule has 2 aromatic carbocycles. The molecule has 2 rings (SSSR count). The molecule has 0 aliphatic heterocycles. The van der Waals surface area contributed by atoms with Gasteiger partial charge in [0.2, 0.25) is 0 Å². The molecule has 6 heteroatoms. The first kappa shape index (κ1) is 16.4. The molecule has 0 bridgehead atoms. The Labute approximate surface area is 140 Å². The normalized spacial score (nSPS) is 10.5. The van der Waals surface area contributed by atoms with Crippen molar-refractivity contribution in [3.63, 3.8) is 0 Å². The molecule has 0 aromatic heterocycles. The zero-order valence-corrected chi connectivity index (χ0v) is 14.2. The van der Waals surface area contributed by atoms with Crippen LogP contribution in [0.2, 0.25) is 5.02 Å². The number of alkyl halides is 1. The van der Waals surface area contributed by atoms with Crippen LogP contribution in [0.25, 0.3) is 0 Å². The predicted molar refractivity (Wildman–Crippen MR) is 86.0 cm³/mol. The fourth-order valence-electron chi connectivity index (χ4n) is 1.78. The Balaban J connectivity index is 2.23. The molecule has 0 heterocycles. The molecule has 0 fully saturated rings. The molecular formula is C15H12BrCl2FO2. The summed E-state index contributed by atoms with van der Waals surface area (Å²) < 4.78 is 25.4. The SMILES string of the molecule is COc1cc(CCl)cc(Br)c1OCc1ccc(Cl)cc1F. The van der Waals surface area contributed by atoms with E-state index in [2.05, 4.69) is 15.9 Å². The minimum absolute atomic E-state index is 0.0676. The van der Waals surface area contributed by atoms with Crippen molar-refractivity contribution in [1.29, 1.82) is 0 Å². The predicted octanol–water partition coefficient (Wildman–Crippen LogP) is 5.57.